The summed E-state index contributed by atoms with van der Waals surface area (Å²) >= 11 is 2.14. The molecular formula is C14H18IN3O3S. The molecule has 6 nitrogen and oxygen atoms in total. The number of rotatable bonds is 6. The second-order valence-electron chi connectivity index (χ2n) is 5.07. The standard InChI is InChI=1S/C14H18IN3O3S/c1-4-18(9-13-16-17-14(21-13)10(2)3)22(19,20)12-7-5-11(15)6-8-12/h5-8,10H,4,9H2,1-3H3. The minimum Gasteiger partial charge on any atom is -0.424 e. The zero-order valence-electron chi connectivity index (χ0n) is 12.7. The Hall–Kier alpha value is -1.000. The lowest BCUT2D eigenvalue weighted by atomic mass is 10.2. The van der Waals surface area contributed by atoms with Crippen LogP contribution in [0.25, 0.3) is 0 Å². The van der Waals surface area contributed by atoms with E-state index in [1.54, 1.807) is 31.2 Å². The molecule has 1 aromatic carbocycles. The van der Waals surface area contributed by atoms with Crippen LogP contribution in [0.5, 0.6) is 0 Å². The van der Waals surface area contributed by atoms with Gasteiger partial charge in [0.1, 0.15) is 0 Å². The highest BCUT2D eigenvalue weighted by Gasteiger charge is 2.25. The predicted molar refractivity (Wildman–Crippen MR) is 90.8 cm³/mol. The van der Waals surface area contributed by atoms with Gasteiger partial charge in [-0.15, -0.1) is 10.2 Å². The van der Waals surface area contributed by atoms with Gasteiger partial charge in [0.25, 0.3) is 0 Å². The second kappa shape index (κ2) is 7.05. The van der Waals surface area contributed by atoms with Crippen LogP contribution in [-0.2, 0) is 16.6 Å². The molecular weight excluding hydrogens is 417 g/mol. The van der Waals surface area contributed by atoms with Gasteiger partial charge < -0.3 is 4.42 Å². The molecule has 0 aliphatic heterocycles. The molecule has 0 saturated carbocycles. The van der Waals surface area contributed by atoms with Crippen molar-refractivity contribution in [3.05, 3.63) is 39.6 Å². The largest absolute Gasteiger partial charge is 0.424 e. The number of nitrogens with zero attached hydrogens (tertiary/aromatic N) is 3. The molecule has 2 aromatic rings. The average molecular weight is 435 g/mol. The summed E-state index contributed by atoms with van der Waals surface area (Å²) in [5.74, 6) is 0.932. The van der Waals surface area contributed by atoms with Gasteiger partial charge in [-0.05, 0) is 46.9 Å². The molecule has 0 N–H and O–H groups in total. The molecule has 8 heteroatoms. The van der Waals surface area contributed by atoms with Crippen LogP contribution in [0, 0.1) is 3.57 Å². The van der Waals surface area contributed by atoms with Crippen molar-refractivity contribution in [3.63, 3.8) is 0 Å². The van der Waals surface area contributed by atoms with Crippen LogP contribution in [-0.4, -0.2) is 29.5 Å². The van der Waals surface area contributed by atoms with Gasteiger partial charge >= 0.3 is 0 Å². The van der Waals surface area contributed by atoms with E-state index >= 15 is 0 Å². The number of hydrogen-bond donors (Lipinski definition) is 0. The monoisotopic (exact) mass is 435 g/mol. The zero-order chi connectivity index (χ0) is 16.3. The molecule has 0 saturated heterocycles. The van der Waals surface area contributed by atoms with Crippen LogP contribution in [0.1, 0.15) is 38.5 Å². The first-order valence-electron chi connectivity index (χ1n) is 6.92. The van der Waals surface area contributed by atoms with E-state index in [1.165, 1.54) is 4.31 Å². The normalized spacial score (nSPS) is 12.3. The highest BCUT2D eigenvalue weighted by atomic mass is 127. The molecule has 0 amide bonds. The van der Waals surface area contributed by atoms with Crippen molar-refractivity contribution in [2.24, 2.45) is 0 Å². The number of aromatic nitrogens is 2. The molecule has 22 heavy (non-hydrogen) atoms. The lowest BCUT2D eigenvalue weighted by Crippen LogP contribution is -2.30. The lowest BCUT2D eigenvalue weighted by molar-refractivity contribution is 0.351. The van der Waals surface area contributed by atoms with Crippen molar-refractivity contribution < 1.29 is 12.8 Å². The molecule has 0 aliphatic rings. The summed E-state index contributed by atoms with van der Waals surface area (Å²) in [5.41, 5.74) is 0. The maximum atomic E-state index is 12.7. The van der Waals surface area contributed by atoms with Crippen molar-refractivity contribution in [2.45, 2.75) is 38.1 Å². The van der Waals surface area contributed by atoms with E-state index in [-0.39, 0.29) is 17.4 Å². The SMILES string of the molecule is CCN(Cc1nnc(C(C)C)o1)S(=O)(=O)c1ccc(I)cc1. The maximum Gasteiger partial charge on any atom is 0.243 e. The van der Waals surface area contributed by atoms with Crippen LogP contribution in [0.2, 0.25) is 0 Å². The Balaban J connectivity index is 2.24. The summed E-state index contributed by atoms with van der Waals surface area (Å²) in [5, 5.41) is 7.85. The van der Waals surface area contributed by atoms with Crippen LogP contribution in [0.15, 0.2) is 33.6 Å². The Morgan fingerprint density at radius 1 is 1.23 bits per heavy atom. The van der Waals surface area contributed by atoms with Crippen LogP contribution >= 0.6 is 22.6 Å². The minimum absolute atomic E-state index is 0.0739. The van der Waals surface area contributed by atoms with E-state index in [0.717, 1.165) is 3.57 Å². The van der Waals surface area contributed by atoms with E-state index in [1.807, 2.05) is 13.8 Å². The Morgan fingerprint density at radius 2 is 1.86 bits per heavy atom. The Bertz CT molecular complexity index is 726. The van der Waals surface area contributed by atoms with Gasteiger partial charge in [0.2, 0.25) is 21.8 Å². The van der Waals surface area contributed by atoms with E-state index in [9.17, 15) is 8.42 Å². The van der Waals surface area contributed by atoms with E-state index in [0.29, 0.717) is 18.3 Å². The molecule has 0 spiro atoms. The molecule has 1 aromatic heterocycles. The van der Waals surface area contributed by atoms with E-state index in [4.69, 9.17) is 4.42 Å². The van der Waals surface area contributed by atoms with Crippen molar-refractivity contribution in [3.8, 4) is 0 Å². The molecule has 0 bridgehead atoms. The summed E-state index contributed by atoms with van der Waals surface area (Å²) in [6, 6.07) is 6.75. The summed E-state index contributed by atoms with van der Waals surface area (Å²) in [6.45, 7) is 6.07. The molecule has 120 valence electrons. The number of sulfonamides is 1. The Morgan fingerprint density at radius 3 is 2.36 bits per heavy atom. The van der Waals surface area contributed by atoms with Crippen LogP contribution < -0.4 is 0 Å². The number of hydrogen-bond acceptors (Lipinski definition) is 5. The van der Waals surface area contributed by atoms with Crippen molar-refractivity contribution in [1.82, 2.24) is 14.5 Å². The highest BCUT2D eigenvalue weighted by molar-refractivity contribution is 14.1. The van der Waals surface area contributed by atoms with Crippen molar-refractivity contribution in [2.75, 3.05) is 6.54 Å². The lowest BCUT2D eigenvalue weighted by Gasteiger charge is -2.18. The summed E-state index contributed by atoms with van der Waals surface area (Å²) in [4.78, 5) is 0.262. The molecule has 2 rings (SSSR count). The summed E-state index contributed by atoms with van der Waals surface area (Å²) < 4.78 is 33.1. The second-order valence-corrected chi connectivity index (χ2v) is 8.26. The first-order valence-corrected chi connectivity index (χ1v) is 9.44. The topological polar surface area (TPSA) is 76.3 Å². The summed E-state index contributed by atoms with van der Waals surface area (Å²) in [6.07, 6.45) is 0. The molecule has 0 aliphatic carbocycles. The first-order chi connectivity index (χ1) is 10.3. The van der Waals surface area contributed by atoms with Gasteiger partial charge in [-0.1, -0.05) is 20.8 Å². The van der Waals surface area contributed by atoms with Crippen molar-refractivity contribution in [1.29, 1.82) is 0 Å². The molecule has 0 unspecified atom stereocenters. The summed E-state index contributed by atoms with van der Waals surface area (Å²) in [7, 11) is -3.57. The third kappa shape index (κ3) is 3.85. The smallest absolute Gasteiger partial charge is 0.243 e. The molecule has 0 fully saturated rings. The fourth-order valence-electron chi connectivity index (χ4n) is 1.84. The van der Waals surface area contributed by atoms with E-state index < -0.39 is 10.0 Å². The Labute approximate surface area is 144 Å². The minimum atomic E-state index is -3.57. The van der Waals surface area contributed by atoms with Gasteiger partial charge in [0, 0.05) is 16.0 Å². The predicted octanol–water partition coefficient (Wildman–Crippen LogP) is 3.01. The number of benzene rings is 1. The molecule has 0 atom stereocenters. The molecule has 1 heterocycles. The van der Waals surface area contributed by atoms with E-state index in [2.05, 4.69) is 32.8 Å². The first kappa shape index (κ1) is 17.4. The van der Waals surface area contributed by atoms with Crippen LogP contribution in [0.3, 0.4) is 0 Å². The highest BCUT2D eigenvalue weighted by Crippen LogP contribution is 2.20. The fourth-order valence-corrected chi connectivity index (χ4v) is 3.60. The number of halogens is 1. The fraction of sp³-hybridized carbons (Fsp3) is 0.429. The van der Waals surface area contributed by atoms with Gasteiger partial charge in [-0.3, -0.25) is 0 Å². The van der Waals surface area contributed by atoms with Crippen LogP contribution in [0.4, 0.5) is 0 Å². The van der Waals surface area contributed by atoms with Gasteiger partial charge in [-0.2, -0.15) is 4.31 Å². The zero-order valence-corrected chi connectivity index (χ0v) is 15.6. The van der Waals surface area contributed by atoms with Gasteiger partial charge in [0.15, 0.2) is 0 Å². The maximum absolute atomic E-state index is 12.7. The quantitative estimate of drug-likeness (QED) is 0.653. The third-order valence-electron chi connectivity index (χ3n) is 3.09. The Kier molecular flexibility index (Phi) is 5.56. The third-order valence-corrected chi connectivity index (χ3v) is 5.75. The van der Waals surface area contributed by atoms with Gasteiger partial charge in [-0.25, -0.2) is 8.42 Å². The average Bonchev–Trinajstić information content (AvgIpc) is 2.94. The van der Waals surface area contributed by atoms with Gasteiger partial charge in [0.05, 0.1) is 11.4 Å². The van der Waals surface area contributed by atoms with Crippen molar-refractivity contribution >= 4 is 32.6 Å². The molecule has 0 radical (unpaired) electrons.